The van der Waals surface area contributed by atoms with Crippen LogP contribution in [0.2, 0.25) is 0 Å². The van der Waals surface area contributed by atoms with Crippen LogP contribution in [0.25, 0.3) is 11.0 Å². The fourth-order valence-corrected chi connectivity index (χ4v) is 4.09. The molecule has 0 saturated carbocycles. The van der Waals surface area contributed by atoms with Gasteiger partial charge in [-0.05, 0) is 73.4 Å². The zero-order valence-corrected chi connectivity index (χ0v) is 21.4. The highest BCUT2D eigenvalue weighted by atomic mass is 16.5. The SMILES string of the molecule is CCOc1ccc(N(C(=O)Cn2nnc3ccccc32)[C@H](C(=O)NCCC(C)C)c2ccncc2)cc1. The van der Waals surface area contributed by atoms with Crippen molar-refractivity contribution in [2.75, 3.05) is 18.1 Å². The van der Waals surface area contributed by atoms with E-state index in [0.717, 1.165) is 11.9 Å². The quantitative estimate of drug-likeness (QED) is 0.332. The average Bonchev–Trinajstić information content (AvgIpc) is 3.31. The Morgan fingerprint density at radius 1 is 1.03 bits per heavy atom. The van der Waals surface area contributed by atoms with Crippen LogP contribution in [-0.4, -0.2) is 44.9 Å². The number of pyridine rings is 1. The van der Waals surface area contributed by atoms with E-state index in [2.05, 4.69) is 34.5 Å². The minimum Gasteiger partial charge on any atom is -0.494 e. The van der Waals surface area contributed by atoms with Crippen molar-refractivity contribution in [2.45, 2.75) is 39.8 Å². The van der Waals surface area contributed by atoms with Crippen molar-refractivity contribution in [3.8, 4) is 5.75 Å². The van der Waals surface area contributed by atoms with Crippen LogP contribution in [0, 0.1) is 5.92 Å². The predicted molar refractivity (Wildman–Crippen MR) is 142 cm³/mol. The summed E-state index contributed by atoms with van der Waals surface area (Å²) in [5.41, 5.74) is 2.66. The number of nitrogens with zero attached hydrogens (tertiary/aromatic N) is 5. The molecule has 0 spiro atoms. The molecule has 0 bridgehead atoms. The summed E-state index contributed by atoms with van der Waals surface area (Å²) in [6.45, 7) is 7.06. The third-order valence-electron chi connectivity index (χ3n) is 5.95. The number of nitrogens with one attached hydrogen (secondary N) is 1. The summed E-state index contributed by atoms with van der Waals surface area (Å²) in [6, 6.07) is 17.2. The Hall–Kier alpha value is -4.27. The molecule has 9 heteroatoms. The summed E-state index contributed by atoms with van der Waals surface area (Å²) in [5.74, 6) is 0.546. The number of amides is 2. The van der Waals surface area contributed by atoms with Crippen molar-refractivity contribution in [1.82, 2.24) is 25.3 Å². The number of carbonyl (C=O) groups is 2. The number of hydrogen-bond donors (Lipinski definition) is 1. The number of hydrogen-bond acceptors (Lipinski definition) is 6. The predicted octanol–water partition coefficient (Wildman–Crippen LogP) is 4.16. The van der Waals surface area contributed by atoms with E-state index in [1.54, 1.807) is 53.5 Å². The first-order chi connectivity index (χ1) is 18.0. The van der Waals surface area contributed by atoms with Gasteiger partial charge in [0.1, 0.15) is 23.9 Å². The zero-order chi connectivity index (χ0) is 26.2. The van der Waals surface area contributed by atoms with Gasteiger partial charge in [0.05, 0.1) is 12.1 Å². The van der Waals surface area contributed by atoms with E-state index in [9.17, 15) is 9.59 Å². The molecular formula is C28H32N6O3. The number of rotatable bonds is 11. The Bertz CT molecular complexity index is 1320. The van der Waals surface area contributed by atoms with Gasteiger partial charge in [0, 0.05) is 24.6 Å². The number of carbonyl (C=O) groups excluding carboxylic acids is 2. The first kappa shape index (κ1) is 25.8. The average molecular weight is 501 g/mol. The molecule has 0 radical (unpaired) electrons. The molecule has 2 aromatic heterocycles. The Morgan fingerprint density at radius 3 is 2.46 bits per heavy atom. The lowest BCUT2D eigenvalue weighted by Crippen LogP contribution is -2.45. The largest absolute Gasteiger partial charge is 0.494 e. The van der Waals surface area contributed by atoms with E-state index >= 15 is 0 Å². The maximum absolute atomic E-state index is 14.0. The number of para-hydroxylation sites is 1. The number of aromatic nitrogens is 4. The third kappa shape index (κ3) is 6.30. The fraction of sp³-hybridized carbons (Fsp3) is 0.321. The molecule has 0 unspecified atom stereocenters. The van der Waals surface area contributed by atoms with Crippen LogP contribution in [-0.2, 0) is 16.1 Å². The van der Waals surface area contributed by atoms with E-state index in [-0.39, 0.29) is 18.4 Å². The molecule has 0 aliphatic rings. The maximum atomic E-state index is 14.0. The summed E-state index contributed by atoms with van der Waals surface area (Å²) >= 11 is 0. The van der Waals surface area contributed by atoms with Crippen LogP contribution in [0.5, 0.6) is 5.75 Å². The van der Waals surface area contributed by atoms with Crippen LogP contribution in [0.4, 0.5) is 5.69 Å². The highest BCUT2D eigenvalue weighted by Gasteiger charge is 2.33. The fourth-order valence-electron chi connectivity index (χ4n) is 4.09. The van der Waals surface area contributed by atoms with Crippen molar-refractivity contribution in [2.24, 2.45) is 5.92 Å². The van der Waals surface area contributed by atoms with Crippen molar-refractivity contribution >= 4 is 28.5 Å². The van der Waals surface area contributed by atoms with Crippen LogP contribution in [0.3, 0.4) is 0 Å². The molecule has 0 saturated heterocycles. The van der Waals surface area contributed by atoms with Crippen molar-refractivity contribution in [3.63, 3.8) is 0 Å². The molecule has 9 nitrogen and oxygen atoms in total. The van der Waals surface area contributed by atoms with E-state index < -0.39 is 6.04 Å². The molecule has 4 rings (SSSR count). The van der Waals surface area contributed by atoms with Gasteiger partial charge in [0.2, 0.25) is 11.8 Å². The Balaban J connectivity index is 1.74. The maximum Gasteiger partial charge on any atom is 0.249 e. The van der Waals surface area contributed by atoms with Crippen LogP contribution < -0.4 is 15.0 Å². The van der Waals surface area contributed by atoms with Crippen molar-refractivity contribution in [3.05, 3.63) is 78.6 Å². The third-order valence-corrected chi connectivity index (χ3v) is 5.95. The zero-order valence-electron chi connectivity index (χ0n) is 21.4. The molecule has 0 aliphatic heterocycles. The molecule has 0 fully saturated rings. The molecule has 1 N–H and O–H groups in total. The lowest BCUT2D eigenvalue weighted by atomic mass is 10.0. The van der Waals surface area contributed by atoms with Gasteiger partial charge < -0.3 is 10.1 Å². The van der Waals surface area contributed by atoms with Crippen molar-refractivity contribution < 1.29 is 14.3 Å². The topological polar surface area (TPSA) is 102 Å². The number of anilines is 1. The summed E-state index contributed by atoms with van der Waals surface area (Å²) in [6.07, 6.45) is 4.07. The standard InChI is InChI=1S/C28H32N6O3/c1-4-37-23-11-9-22(10-12-23)34(26(35)19-33-25-8-6-5-7-24(25)31-32-33)27(21-14-16-29-17-15-21)28(36)30-18-13-20(2)3/h5-12,14-17,20,27H,4,13,18-19H2,1-3H3,(H,30,36)/t27-/m0/s1. The molecule has 37 heavy (non-hydrogen) atoms. The summed E-state index contributed by atoms with van der Waals surface area (Å²) < 4.78 is 7.14. The minimum atomic E-state index is -0.907. The Labute approximate surface area is 216 Å². The molecule has 0 aliphatic carbocycles. The van der Waals surface area contributed by atoms with Gasteiger partial charge in [-0.3, -0.25) is 19.5 Å². The van der Waals surface area contributed by atoms with E-state index in [4.69, 9.17) is 4.74 Å². The minimum absolute atomic E-state index is 0.0887. The van der Waals surface area contributed by atoms with E-state index in [1.165, 1.54) is 4.90 Å². The molecule has 2 amide bonds. The lowest BCUT2D eigenvalue weighted by molar-refractivity contribution is -0.127. The first-order valence-electron chi connectivity index (χ1n) is 12.5. The smallest absolute Gasteiger partial charge is 0.249 e. The van der Waals surface area contributed by atoms with Crippen LogP contribution in [0.15, 0.2) is 73.1 Å². The van der Waals surface area contributed by atoms with Crippen LogP contribution in [0.1, 0.15) is 38.8 Å². The van der Waals surface area contributed by atoms with Gasteiger partial charge in [-0.1, -0.05) is 31.2 Å². The van der Waals surface area contributed by atoms with Crippen LogP contribution >= 0.6 is 0 Å². The van der Waals surface area contributed by atoms with Gasteiger partial charge in [0.15, 0.2) is 0 Å². The van der Waals surface area contributed by atoms with Gasteiger partial charge in [0.25, 0.3) is 0 Å². The van der Waals surface area contributed by atoms with Crippen molar-refractivity contribution in [1.29, 1.82) is 0 Å². The Kier molecular flexibility index (Phi) is 8.45. The second-order valence-electron chi connectivity index (χ2n) is 9.08. The van der Waals surface area contributed by atoms with Gasteiger partial charge in [-0.15, -0.1) is 5.10 Å². The molecule has 4 aromatic rings. The number of ether oxygens (including phenoxy) is 1. The van der Waals surface area contributed by atoms with E-state index in [1.807, 2.05) is 31.2 Å². The summed E-state index contributed by atoms with van der Waals surface area (Å²) in [7, 11) is 0. The van der Waals surface area contributed by atoms with Gasteiger partial charge >= 0.3 is 0 Å². The second kappa shape index (κ2) is 12.1. The summed E-state index contributed by atoms with van der Waals surface area (Å²) in [5, 5.41) is 11.4. The molecule has 1 atom stereocenters. The molecule has 2 aromatic carbocycles. The summed E-state index contributed by atoms with van der Waals surface area (Å²) in [4.78, 5) is 33.2. The molecular weight excluding hydrogens is 468 g/mol. The molecule has 192 valence electrons. The van der Waals surface area contributed by atoms with Gasteiger partial charge in [-0.25, -0.2) is 4.68 Å². The highest BCUT2D eigenvalue weighted by Crippen LogP contribution is 2.30. The molecule has 2 heterocycles. The Morgan fingerprint density at radius 2 is 1.76 bits per heavy atom. The number of fused-ring (bicyclic) bond motifs is 1. The second-order valence-corrected chi connectivity index (χ2v) is 9.08. The lowest BCUT2D eigenvalue weighted by Gasteiger charge is -2.31. The van der Waals surface area contributed by atoms with Gasteiger partial charge in [-0.2, -0.15) is 0 Å². The normalized spacial score (nSPS) is 11.9. The highest BCUT2D eigenvalue weighted by molar-refractivity contribution is 6.01. The first-order valence-corrected chi connectivity index (χ1v) is 12.5. The van der Waals surface area contributed by atoms with E-state index in [0.29, 0.717) is 41.6 Å². The number of benzene rings is 2. The monoisotopic (exact) mass is 500 g/mol.